The molecular weight excluding hydrogens is 626 g/mol. The van der Waals surface area contributed by atoms with Gasteiger partial charge in [0.2, 0.25) is 0 Å². The number of phenols is 4. The highest BCUT2D eigenvalue weighted by atomic mass is 35.5. The summed E-state index contributed by atoms with van der Waals surface area (Å²) in [6, 6.07) is 21.6. The van der Waals surface area contributed by atoms with Crippen molar-refractivity contribution in [1.82, 2.24) is 0 Å². The summed E-state index contributed by atoms with van der Waals surface area (Å²) in [4.78, 5) is 0. The van der Waals surface area contributed by atoms with Crippen LogP contribution in [0.25, 0.3) is 0 Å². The molecule has 1 atom stereocenters. The van der Waals surface area contributed by atoms with Crippen LogP contribution in [0.2, 0.25) is 20.1 Å². The molecule has 0 aliphatic rings. The van der Waals surface area contributed by atoms with E-state index in [0.717, 1.165) is 60.8 Å². The number of hydrogen-bond acceptors (Lipinski definition) is 4. The molecule has 4 aromatic rings. The molecule has 4 nitrogen and oxygen atoms in total. The number of rotatable bonds is 12. The first-order valence-electron chi connectivity index (χ1n) is 14.4. The molecule has 0 saturated heterocycles. The number of hydrogen-bond donors (Lipinski definition) is 4. The van der Waals surface area contributed by atoms with Gasteiger partial charge in [-0.15, -0.1) is 0 Å². The molecule has 0 saturated carbocycles. The molecule has 0 fully saturated rings. The van der Waals surface area contributed by atoms with E-state index in [4.69, 9.17) is 46.4 Å². The molecule has 0 radical (unpaired) electrons. The van der Waals surface area contributed by atoms with Crippen molar-refractivity contribution in [2.75, 3.05) is 0 Å². The zero-order valence-electron chi connectivity index (χ0n) is 24.1. The Morgan fingerprint density at radius 3 is 1.37 bits per heavy atom. The Kier molecular flexibility index (Phi) is 11.1. The van der Waals surface area contributed by atoms with Crippen LogP contribution in [0.3, 0.4) is 0 Å². The summed E-state index contributed by atoms with van der Waals surface area (Å²) < 4.78 is 0. The van der Waals surface area contributed by atoms with Crippen LogP contribution in [-0.4, -0.2) is 20.4 Å². The van der Waals surface area contributed by atoms with Gasteiger partial charge in [-0.1, -0.05) is 110 Å². The van der Waals surface area contributed by atoms with E-state index >= 15 is 0 Å². The predicted octanol–water partition coefficient (Wildman–Crippen LogP) is 11.2. The number of benzene rings is 4. The first-order chi connectivity index (χ1) is 20.4. The third-order valence-corrected chi connectivity index (χ3v) is 9.71. The average Bonchev–Trinajstić information content (AvgIpc) is 2.98. The first kappa shape index (κ1) is 33.1. The van der Waals surface area contributed by atoms with Gasteiger partial charge in [0.25, 0.3) is 0 Å². The molecule has 0 aliphatic carbocycles. The molecule has 0 bridgehead atoms. The number of aromatic hydroxyl groups is 4. The van der Waals surface area contributed by atoms with Gasteiger partial charge in [-0.2, -0.15) is 0 Å². The van der Waals surface area contributed by atoms with Crippen LogP contribution in [0.5, 0.6) is 23.0 Å². The topological polar surface area (TPSA) is 80.9 Å². The van der Waals surface area contributed by atoms with Crippen LogP contribution in [0.4, 0.5) is 0 Å². The lowest BCUT2D eigenvalue weighted by Gasteiger charge is -2.32. The zero-order valence-corrected chi connectivity index (χ0v) is 27.1. The first-order valence-corrected chi connectivity index (χ1v) is 15.9. The fourth-order valence-electron chi connectivity index (χ4n) is 5.99. The fraction of sp³-hybridized carbons (Fsp3) is 0.314. The second-order valence-corrected chi connectivity index (χ2v) is 13.0. The summed E-state index contributed by atoms with van der Waals surface area (Å²) in [7, 11) is 0. The molecule has 1 unspecified atom stereocenters. The normalized spacial score (nSPS) is 12.5. The highest BCUT2D eigenvalue weighted by Gasteiger charge is 2.32. The van der Waals surface area contributed by atoms with Crippen molar-refractivity contribution in [3.63, 3.8) is 0 Å². The maximum absolute atomic E-state index is 10.2. The SMILES string of the molecule is CCC(CCCCCC(C)(c1cc(Cl)c(O)c(Cl)c1)c1cc(Cl)c(O)c(Cl)c1)C(c1ccc(O)cc1)c1ccc(O)cc1. The Morgan fingerprint density at radius 1 is 0.605 bits per heavy atom. The molecule has 0 spiro atoms. The van der Waals surface area contributed by atoms with E-state index in [0.29, 0.717) is 5.92 Å². The number of unbranched alkanes of at least 4 members (excludes halogenated alkanes) is 2. The summed E-state index contributed by atoms with van der Waals surface area (Å²) in [5.41, 5.74) is 3.27. The van der Waals surface area contributed by atoms with E-state index < -0.39 is 5.41 Å². The highest BCUT2D eigenvalue weighted by molar-refractivity contribution is 6.37. The van der Waals surface area contributed by atoms with Gasteiger partial charge < -0.3 is 20.4 Å². The molecule has 8 heteroatoms. The Hall–Kier alpha value is -2.76. The second kappa shape index (κ2) is 14.3. The third-order valence-electron chi connectivity index (χ3n) is 8.56. The molecule has 43 heavy (non-hydrogen) atoms. The number of phenolic OH excluding ortho intramolecular Hbond substituents is 4. The van der Waals surface area contributed by atoms with Gasteiger partial charge in [0, 0.05) is 11.3 Å². The molecule has 4 N–H and O–H groups in total. The Bertz CT molecular complexity index is 1390. The van der Waals surface area contributed by atoms with Gasteiger partial charge >= 0.3 is 0 Å². The molecular formula is C35H36Cl4O4. The summed E-state index contributed by atoms with van der Waals surface area (Å²) in [5.74, 6) is 0.606. The summed E-state index contributed by atoms with van der Waals surface area (Å²) in [5, 5.41) is 40.7. The molecule has 228 valence electrons. The second-order valence-electron chi connectivity index (χ2n) is 11.3. The van der Waals surface area contributed by atoms with E-state index in [9.17, 15) is 20.4 Å². The average molecular weight is 662 g/mol. The molecule has 4 aromatic carbocycles. The van der Waals surface area contributed by atoms with Crippen LogP contribution in [0, 0.1) is 5.92 Å². The van der Waals surface area contributed by atoms with Crippen LogP contribution >= 0.6 is 46.4 Å². The van der Waals surface area contributed by atoms with Gasteiger partial charge in [-0.3, -0.25) is 0 Å². The molecule has 0 aromatic heterocycles. The standard InChI is InChI=1S/C35H36Cl4O4/c1-3-21(32(22-8-12-26(40)13-9-22)23-10-14-27(41)15-11-23)7-5-4-6-16-35(2,24-17-28(36)33(42)29(37)18-24)25-19-30(38)34(43)31(39)20-25/h8-15,17-21,32,40-43H,3-7,16H2,1-2H3. The maximum atomic E-state index is 10.2. The van der Waals surface area contributed by atoms with Gasteiger partial charge in [0.05, 0.1) is 20.1 Å². The van der Waals surface area contributed by atoms with Crippen molar-refractivity contribution in [1.29, 1.82) is 0 Å². The van der Waals surface area contributed by atoms with E-state index in [-0.39, 0.29) is 49.0 Å². The van der Waals surface area contributed by atoms with E-state index in [1.54, 1.807) is 48.5 Å². The van der Waals surface area contributed by atoms with Crippen molar-refractivity contribution < 1.29 is 20.4 Å². The van der Waals surface area contributed by atoms with Crippen molar-refractivity contribution in [2.45, 2.75) is 63.7 Å². The fourth-order valence-corrected chi connectivity index (χ4v) is 6.97. The minimum Gasteiger partial charge on any atom is -0.508 e. The minimum atomic E-state index is -0.604. The van der Waals surface area contributed by atoms with Gasteiger partial charge in [-0.25, -0.2) is 0 Å². The van der Waals surface area contributed by atoms with Crippen LogP contribution < -0.4 is 0 Å². The van der Waals surface area contributed by atoms with Crippen molar-refractivity contribution >= 4 is 46.4 Å². The maximum Gasteiger partial charge on any atom is 0.152 e. The van der Waals surface area contributed by atoms with Gasteiger partial charge in [0.1, 0.15) is 11.5 Å². The lowest BCUT2D eigenvalue weighted by Crippen LogP contribution is -2.24. The van der Waals surface area contributed by atoms with Gasteiger partial charge in [0.15, 0.2) is 11.5 Å². The molecule has 0 amide bonds. The zero-order chi connectivity index (χ0) is 31.3. The lowest BCUT2D eigenvalue weighted by atomic mass is 9.72. The highest BCUT2D eigenvalue weighted by Crippen LogP contribution is 2.46. The molecule has 4 rings (SSSR count). The third kappa shape index (κ3) is 7.67. The van der Waals surface area contributed by atoms with E-state index in [1.807, 2.05) is 24.3 Å². The Labute approximate surface area is 273 Å². The quantitative estimate of drug-likeness (QED) is 0.114. The van der Waals surface area contributed by atoms with Crippen LogP contribution in [0.15, 0.2) is 72.8 Å². The monoisotopic (exact) mass is 660 g/mol. The minimum absolute atomic E-state index is 0.124. The van der Waals surface area contributed by atoms with Crippen molar-refractivity contribution in [3.05, 3.63) is 115 Å². The predicted molar refractivity (Wildman–Crippen MR) is 178 cm³/mol. The van der Waals surface area contributed by atoms with E-state index in [1.165, 1.54) is 0 Å². The summed E-state index contributed by atoms with van der Waals surface area (Å²) >= 11 is 25.3. The van der Waals surface area contributed by atoms with Crippen LogP contribution in [0.1, 0.15) is 80.5 Å². The van der Waals surface area contributed by atoms with Crippen molar-refractivity contribution in [3.8, 4) is 23.0 Å². The largest absolute Gasteiger partial charge is 0.508 e. The molecule has 0 heterocycles. The lowest BCUT2D eigenvalue weighted by molar-refractivity contribution is 0.389. The summed E-state index contributed by atoms with van der Waals surface area (Å²) in [6.45, 7) is 4.26. The molecule has 0 aliphatic heterocycles. The number of halogens is 4. The van der Waals surface area contributed by atoms with E-state index in [2.05, 4.69) is 13.8 Å². The van der Waals surface area contributed by atoms with Crippen molar-refractivity contribution in [2.24, 2.45) is 5.92 Å². The van der Waals surface area contributed by atoms with Crippen LogP contribution in [-0.2, 0) is 5.41 Å². The Morgan fingerprint density at radius 2 is 1.00 bits per heavy atom. The summed E-state index contributed by atoms with van der Waals surface area (Å²) in [6.07, 6.45) is 5.52. The Balaban J connectivity index is 1.54. The van der Waals surface area contributed by atoms with Gasteiger partial charge in [-0.05, 0) is 89.5 Å². The smallest absolute Gasteiger partial charge is 0.152 e.